The number of unbranched alkanes of at least 4 members (excludes halogenated alkanes) is 3. The predicted molar refractivity (Wildman–Crippen MR) is 73.6 cm³/mol. The number of aryl methyl sites for hydroxylation is 2. The van der Waals surface area contributed by atoms with E-state index in [-0.39, 0.29) is 0 Å². The molecule has 0 fully saturated rings. The Morgan fingerprint density at radius 3 is 2.22 bits per heavy atom. The Morgan fingerprint density at radius 2 is 1.56 bits per heavy atom. The van der Waals surface area contributed by atoms with Crippen LogP contribution in [0.1, 0.15) is 64.2 Å². The quantitative estimate of drug-likeness (QED) is 0.616. The van der Waals surface area contributed by atoms with Gasteiger partial charge in [0.1, 0.15) is 0 Å². The van der Waals surface area contributed by atoms with E-state index in [1.54, 1.807) is 0 Å². The molecule has 1 N–H and O–H groups in total. The van der Waals surface area contributed by atoms with Crippen molar-refractivity contribution in [3.8, 4) is 0 Å². The van der Waals surface area contributed by atoms with Gasteiger partial charge in [0.05, 0.1) is 0 Å². The minimum Gasteiger partial charge on any atom is -0.425 e. The summed E-state index contributed by atoms with van der Waals surface area (Å²) in [6, 6.07) is 0. The summed E-state index contributed by atoms with van der Waals surface area (Å²) in [5.41, 5.74) is 0. The van der Waals surface area contributed by atoms with E-state index in [2.05, 4.69) is 29.4 Å². The average Bonchev–Trinajstić information content (AvgIpc) is 2.82. The minimum absolute atomic E-state index is 0.791. The van der Waals surface area contributed by atoms with Crippen molar-refractivity contribution in [1.29, 1.82) is 0 Å². The van der Waals surface area contributed by atoms with Crippen molar-refractivity contribution in [2.45, 2.75) is 65.2 Å². The molecular formula is C14H27N3O. The van der Waals surface area contributed by atoms with E-state index in [9.17, 15) is 0 Å². The van der Waals surface area contributed by atoms with Gasteiger partial charge in [-0.15, -0.1) is 10.2 Å². The van der Waals surface area contributed by atoms with Crippen molar-refractivity contribution in [3.63, 3.8) is 0 Å². The zero-order valence-corrected chi connectivity index (χ0v) is 11.9. The molecule has 0 saturated carbocycles. The van der Waals surface area contributed by atoms with Gasteiger partial charge in [-0.3, -0.25) is 0 Å². The van der Waals surface area contributed by atoms with Crippen LogP contribution >= 0.6 is 0 Å². The van der Waals surface area contributed by atoms with Crippen molar-refractivity contribution in [3.05, 3.63) is 11.8 Å². The average molecular weight is 253 g/mol. The van der Waals surface area contributed by atoms with Crippen LogP contribution in [0.3, 0.4) is 0 Å². The first-order valence-electron chi connectivity index (χ1n) is 7.38. The standard InChI is InChI=1S/C14H27N3O/c1-3-5-6-7-9-13-16-17-14(18-13)10-8-12-15-11-4-2/h15H,3-12H2,1-2H3. The number of rotatable bonds is 11. The normalized spacial score (nSPS) is 11.0. The molecule has 18 heavy (non-hydrogen) atoms. The van der Waals surface area contributed by atoms with Crippen molar-refractivity contribution in [2.75, 3.05) is 13.1 Å². The summed E-state index contributed by atoms with van der Waals surface area (Å²) in [4.78, 5) is 0. The lowest BCUT2D eigenvalue weighted by Crippen LogP contribution is -2.16. The van der Waals surface area contributed by atoms with E-state index in [0.29, 0.717) is 0 Å². The lowest BCUT2D eigenvalue weighted by atomic mass is 10.1. The van der Waals surface area contributed by atoms with Gasteiger partial charge >= 0.3 is 0 Å². The van der Waals surface area contributed by atoms with Crippen LogP contribution in [0.15, 0.2) is 4.42 Å². The highest BCUT2D eigenvalue weighted by atomic mass is 16.4. The lowest BCUT2D eigenvalue weighted by molar-refractivity contribution is 0.434. The minimum atomic E-state index is 0.791. The first-order valence-corrected chi connectivity index (χ1v) is 7.38. The van der Waals surface area contributed by atoms with E-state index >= 15 is 0 Å². The second-order valence-corrected chi connectivity index (χ2v) is 4.75. The maximum atomic E-state index is 5.62. The molecule has 0 unspecified atom stereocenters. The third-order valence-electron chi connectivity index (χ3n) is 2.92. The van der Waals surface area contributed by atoms with Crippen LogP contribution in [-0.2, 0) is 12.8 Å². The van der Waals surface area contributed by atoms with Crippen LogP contribution in [-0.4, -0.2) is 23.3 Å². The first-order chi connectivity index (χ1) is 8.86. The monoisotopic (exact) mass is 253 g/mol. The van der Waals surface area contributed by atoms with Crippen LogP contribution < -0.4 is 5.32 Å². The molecule has 1 heterocycles. The Bertz CT molecular complexity index is 299. The molecule has 0 aromatic carbocycles. The Kier molecular flexibility index (Phi) is 8.47. The van der Waals surface area contributed by atoms with Gasteiger partial charge in [-0.2, -0.15) is 0 Å². The summed E-state index contributed by atoms with van der Waals surface area (Å²) in [6.07, 6.45) is 9.05. The fourth-order valence-corrected chi connectivity index (χ4v) is 1.86. The van der Waals surface area contributed by atoms with Crippen molar-refractivity contribution < 1.29 is 4.42 Å². The molecule has 1 aromatic rings. The number of aromatic nitrogens is 2. The van der Waals surface area contributed by atoms with E-state index in [1.165, 1.54) is 25.7 Å². The molecule has 0 aliphatic carbocycles. The molecule has 0 bridgehead atoms. The van der Waals surface area contributed by atoms with Crippen LogP contribution in [0.5, 0.6) is 0 Å². The fraction of sp³-hybridized carbons (Fsp3) is 0.857. The van der Waals surface area contributed by atoms with Gasteiger partial charge in [0.15, 0.2) is 0 Å². The van der Waals surface area contributed by atoms with Gasteiger partial charge in [-0.05, 0) is 32.4 Å². The summed E-state index contributed by atoms with van der Waals surface area (Å²) >= 11 is 0. The number of nitrogens with one attached hydrogen (secondary N) is 1. The smallest absolute Gasteiger partial charge is 0.216 e. The summed E-state index contributed by atoms with van der Waals surface area (Å²) in [7, 11) is 0. The zero-order chi connectivity index (χ0) is 13.1. The summed E-state index contributed by atoms with van der Waals surface area (Å²) in [6.45, 7) is 6.52. The van der Waals surface area contributed by atoms with Gasteiger partial charge in [-0.25, -0.2) is 0 Å². The molecule has 0 aliphatic heterocycles. The largest absolute Gasteiger partial charge is 0.425 e. The topological polar surface area (TPSA) is 51.0 Å². The van der Waals surface area contributed by atoms with Gasteiger partial charge in [0.2, 0.25) is 11.8 Å². The molecule has 0 saturated heterocycles. The highest BCUT2D eigenvalue weighted by Gasteiger charge is 2.05. The highest BCUT2D eigenvalue weighted by Crippen LogP contribution is 2.08. The molecule has 104 valence electrons. The molecule has 0 atom stereocenters. The Balaban J connectivity index is 2.10. The third kappa shape index (κ3) is 6.74. The molecule has 0 aliphatic rings. The third-order valence-corrected chi connectivity index (χ3v) is 2.92. The molecule has 1 rings (SSSR count). The zero-order valence-electron chi connectivity index (χ0n) is 11.9. The van der Waals surface area contributed by atoms with Crippen LogP contribution in [0.4, 0.5) is 0 Å². The molecule has 1 aromatic heterocycles. The molecule has 4 nitrogen and oxygen atoms in total. The molecular weight excluding hydrogens is 226 g/mol. The van der Waals surface area contributed by atoms with E-state index < -0.39 is 0 Å². The van der Waals surface area contributed by atoms with Gasteiger partial charge < -0.3 is 9.73 Å². The number of nitrogens with zero attached hydrogens (tertiary/aromatic N) is 2. The first kappa shape index (κ1) is 15.2. The van der Waals surface area contributed by atoms with Gasteiger partial charge in [-0.1, -0.05) is 33.1 Å². The Hall–Kier alpha value is -0.900. The van der Waals surface area contributed by atoms with E-state index in [0.717, 1.165) is 50.6 Å². The Morgan fingerprint density at radius 1 is 0.833 bits per heavy atom. The van der Waals surface area contributed by atoms with Crippen LogP contribution in [0.2, 0.25) is 0 Å². The summed E-state index contributed by atoms with van der Waals surface area (Å²) < 4.78 is 5.62. The fourth-order valence-electron chi connectivity index (χ4n) is 1.86. The molecule has 0 radical (unpaired) electrons. The number of hydrogen-bond donors (Lipinski definition) is 1. The van der Waals surface area contributed by atoms with Crippen molar-refractivity contribution in [1.82, 2.24) is 15.5 Å². The maximum absolute atomic E-state index is 5.62. The van der Waals surface area contributed by atoms with Crippen LogP contribution in [0.25, 0.3) is 0 Å². The number of hydrogen-bond acceptors (Lipinski definition) is 4. The summed E-state index contributed by atoms with van der Waals surface area (Å²) in [5, 5.41) is 11.6. The second kappa shape index (κ2) is 10.1. The predicted octanol–water partition coefficient (Wildman–Crippen LogP) is 3.12. The van der Waals surface area contributed by atoms with Crippen LogP contribution in [0, 0.1) is 0 Å². The molecule has 0 amide bonds. The lowest BCUT2D eigenvalue weighted by Gasteiger charge is -1.99. The van der Waals surface area contributed by atoms with Crippen molar-refractivity contribution in [2.24, 2.45) is 0 Å². The summed E-state index contributed by atoms with van der Waals surface area (Å²) in [5.74, 6) is 1.60. The highest BCUT2D eigenvalue weighted by molar-refractivity contribution is 4.82. The molecule has 4 heteroatoms. The van der Waals surface area contributed by atoms with E-state index in [1.807, 2.05) is 0 Å². The SMILES string of the molecule is CCCCCCc1nnc(CCCNCCC)o1. The molecule has 0 spiro atoms. The van der Waals surface area contributed by atoms with Crippen molar-refractivity contribution >= 4 is 0 Å². The second-order valence-electron chi connectivity index (χ2n) is 4.75. The van der Waals surface area contributed by atoms with Gasteiger partial charge in [0, 0.05) is 12.8 Å². The van der Waals surface area contributed by atoms with Gasteiger partial charge in [0.25, 0.3) is 0 Å². The Labute approximate surface area is 111 Å². The van der Waals surface area contributed by atoms with E-state index in [4.69, 9.17) is 4.42 Å². The maximum Gasteiger partial charge on any atom is 0.216 e.